The van der Waals surface area contributed by atoms with Gasteiger partial charge in [0.2, 0.25) is 0 Å². The van der Waals surface area contributed by atoms with Crippen molar-refractivity contribution in [3.05, 3.63) is 56.8 Å². The third kappa shape index (κ3) is 3.60. The van der Waals surface area contributed by atoms with Crippen molar-refractivity contribution in [3.63, 3.8) is 0 Å². The lowest BCUT2D eigenvalue weighted by atomic mass is 10.3. The van der Waals surface area contributed by atoms with Crippen molar-refractivity contribution in [2.75, 3.05) is 4.72 Å². The average molecular weight is 348 g/mol. The standard InChI is InChI=1S/C11H7Cl2N3O4S/c12-9-2-1-7(5-10(9)16(17)18)15-21(19,20)8-3-4-14-11(13)6-8/h1-6,15H. The van der Waals surface area contributed by atoms with E-state index in [9.17, 15) is 18.5 Å². The molecule has 2 rings (SSSR count). The van der Waals surface area contributed by atoms with E-state index >= 15 is 0 Å². The molecule has 21 heavy (non-hydrogen) atoms. The fourth-order valence-electron chi connectivity index (χ4n) is 1.48. The van der Waals surface area contributed by atoms with Crippen molar-refractivity contribution in [3.8, 4) is 0 Å². The second-order valence-corrected chi connectivity index (χ2v) is 6.32. The van der Waals surface area contributed by atoms with E-state index in [0.29, 0.717) is 0 Å². The van der Waals surface area contributed by atoms with Crippen LogP contribution < -0.4 is 4.72 Å². The van der Waals surface area contributed by atoms with Crippen LogP contribution in [0.15, 0.2) is 41.4 Å². The summed E-state index contributed by atoms with van der Waals surface area (Å²) in [4.78, 5) is 13.6. The van der Waals surface area contributed by atoms with Gasteiger partial charge in [-0.05, 0) is 24.3 Å². The predicted molar refractivity (Wildman–Crippen MR) is 78.2 cm³/mol. The minimum atomic E-state index is -3.93. The van der Waals surface area contributed by atoms with Crippen LogP contribution in [0.3, 0.4) is 0 Å². The van der Waals surface area contributed by atoms with E-state index in [2.05, 4.69) is 9.71 Å². The van der Waals surface area contributed by atoms with Gasteiger partial charge in [0.1, 0.15) is 10.2 Å². The van der Waals surface area contributed by atoms with Crippen LogP contribution in [0.25, 0.3) is 0 Å². The molecular weight excluding hydrogens is 341 g/mol. The first-order chi connectivity index (χ1) is 9.79. The first-order valence-electron chi connectivity index (χ1n) is 5.38. The number of anilines is 1. The summed E-state index contributed by atoms with van der Waals surface area (Å²) in [6, 6.07) is 5.99. The number of rotatable bonds is 4. The van der Waals surface area contributed by atoms with Gasteiger partial charge >= 0.3 is 0 Å². The van der Waals surface area contributed by atoms with Crippen molar-refractivity contribution in [1.29, 1.82) is 0 Å². The maximum Gasteiger partial charge on any atom is 0.289 e. The molecule has 7 nitrogen and oxygen atoms in total. The second-order valence-electron chi connectivity index (χ2n) is 3.84. The lowest BCUT2D eigenvalue weighted by molar-refractivity contribution is -0.384. The molecule has 0 radical (unpaired) electrons. The summed E-state index contributed by atoms with van der Waals surface area (Å²) in [5, 5.41) is 10.7. The molecule has 0 fully saturated rings. The summed E-state index contributed by atoms with van der Waals surface area (Å²) in [7, 11) is -3.93. The van der Waals surface area contributed by atoms with Crippen LogP contribution in [0.4, 0.5) is 11.4 Å². The van der Waals surface area contributed by atoms with Crippen LogP contribution in [0, 0.1) is 10.1 Å². The molecule has 0 aliphatic rings. The predicted octanol–water partition coefficient (Wildman–Crippen LogP) is 3.10. The summed E-state index contributed by atoms with van der Waals surface area (Å²) >= 11 is 11.3. The highest BCUT2D eigenvalue weighted by Gasteiger charge is 2.18. The van der Waals surface area contributed by atoms with E-state index in [4.69, 9.17) is 23.2 Å². The lowest BCUT2D eigenvalue weighted by Gasteiger charge is -2.08. The number of sulfonamides is 1. The van der Waals surface area contributed by atoms with E-state index in [1.807, 2.05) is 0 Å². The van der Waals surface area contributed by atoms with Gasteiger partial charge in [0.25, 0.3) is 15.7 Å². The van der Waals surface area contributed by atoms with Gasteiger partial charge in [0, 0.05) is 12.3 Å². The molecule has 0 spiro atoms. The van der Waals surface area contributed by atoms with E-state index in [-0.39, 0.29) is 20.8 Å². The summed E-state index contributed by atoms with van der Waals surface area (Å²) in [5.74, 6) is 0. The molecule has 0 aliphatic carbocycles. The fourth-order valence-corrected chi connectivity index (χ4v) is 2.97. The highest BCUT2D eigenvalue weighted by atomic mass is 35.5. The van der Waals surface area contributed by atoms with Gasteiger partial charge in [-0.15, -0.1) is 0 Å². The minimum Gasteiger partial charge on any atom is -0.279 e. The lowest BCUT2D eigenvalue weighted by Crippen LogP contribution is -2.13. The largest absolute Gasteiger partial charge is 0.289 e. The monoisotopic (exact) mass is 347 g/mol. The number of hydrogen-bond donors (Lipinski definition) is 1. The summed E-state index contributed by atoms with van der Waals surface area (Å²) < 4.78 is 26.4. The Hall–Kier alpha value is -1.90. The Bertz CT molecular complexity index is 811. The van der Waals surface area contributed by atoms with E-state index in [1.54, 1.807) is 0 Å². The highest BCUT2D eigenvalue weighted by Crippen LogP contribution is 2.28. The van der Waals surface area contributed by atoms with Gasteiger partial charge in [-0.1, -0.05) is 23.2 Å². The molecule has 0 saturated carbocycles. The molecule has 1 aromatic carbocycles. The van der Waals surface area contributed by atoms with Gasteiger partial charge in [-0.25, -0.2) is 13.4 Å². The maximum absolute atomic E-state index is 12.1. The smallest absolute Gasteiger partial charge is 0.279 e. The van der Waals surface area contributed by atoms with E-state index in [1.165, 1.54) is 24.4 Å². The van der Waals surface area contributed by atoms with E-state index < -0.39 is 20.6 Å². The number of pyridine rings is 1. The van der Waals surface area contributed by atoms with E-state index in [0.717, 1.165) is 12.1 Å². The Morgan fingerprint density at radius 3 is 2.52 bits per heavy atom. The van der Waals surface area contributed by atoms with Crippen molar-refractivity contribution >= 4 is 44.6 Å². The number of nitrogens with zero attached hydrogens (tertiary/aromatic N) is 2. The van der Waals surface area contributed by atoms with Gasteiger partial charge < -0.3 is 0 Å². The van der Waals surface area contributed by atoms with Crippen molar-refractivity contribution in [2.24, 2.45) is 0 Å². The zero-order valence-corrected chi connectivity index (χ0v) is 12.5. The molecule has 1 N–H and O–H groups in total. The Balaban J connectivity index is 2.37. The van der Waals surface area contributed by atoms with Gasteiger partial charge in [0.05, 0.1) is 15.5 Å². The minimum absolute atomic E-state index is 0.0130. The van der Waals surface area contributed by atoms with Gasteiger partial charge in [-0.2, -0.15) is 0 Å². The molecule has 0 amide bonds. The van der Waals surface area contributed by atoms with Gasteiger partial charge in [0.15, 0.2) is 0 Å². The number of nitrogens with one attached hydrogen (secondary N) is 1. The molecule has 0 bridgehead atoms. The number of benzene rings is 1. The number of hydrogen-bond acceptors (Lipinski definition) is 5. The number of nitro groups is 1. The van der Waals surface area contributed by atoms with Gasteiger partial charge in [-0.3, -0.25) is 14.8 Å². The normalized spacial score (nSPS) is 11.1. The molecular formula is C11H7Cl2N3O4S. The maximum atomic E-state index is 12.1. The highest BCUT2D eigenvalue weighted by molar-refractivity contribution is 7.92. The SMILES string of the molecule is O=[N+]([O-])c1cc(NS(=O)(=O)c2ccnc(Cl)c2)ccc1Cl. The quantitative estimate of drug-likeness (QED) is 0.520. The molecule has 110 valence electrons. The first kappa shape index (κ1) is 15.5. The third-order valence-electron chi connectivity index (χ3n) is 2.40. The molecule has 1 aromatic heterocycles. The zero-order valence-electron chi connectivity index (χ0n) is 10.2. The third-order valence-corrected chi connectivity index (χ3v) is 4.31. The topological polar surface area (TPSA) is 102 Å². The number of nitro benzene ring substituents is 1. The summed E-state index contributed by atoms with van der Waals surface area (Å²) in [6.07, 6.45) is 1.24. The molecule has 0 unspecified atom stereocenters. The van der Waals surface area contributed by atoms with Crippen LogP contribution in [0.1, 0.15) is 0 Å². The first-order valence-corrected chi connectivity index (χ1v) is 7.62. The van der Waals surface area contributed by atoms with Crippen LogP contribution in [0.5, 0.6) is 0 Å². The second kappa shape index (κ2) is 5.84. The van der Waals surface area contributed by atoms with Crippen LogP contribution >= 0.6 is 23.2 Å². The van der Waals surface area contributed by atoms with Crippen molar-refractivity contribution in [2.45, 2.75) is 4.90 Å². The van der Waals surface area contributed by atoms with Crippen molar-refractivity contribution < 1.29 is 13.3 Å². The Morgan fingerprint density at radius 1 is 1.19 bits per heavy atom. The number of aromatic nitrogens is 1. The summed E-state index contributed by atoms with van der Waals surface area (Å²) in [5.41, 5.74) is -0.385. The Labute approximate surface area is 129 Å². The van der Waals surface area contributed by atoms with Crippen LogP contribution in [0.2, 0.25) is 10.2 Å². The zero-order chi connectivity index (χ0) is 15.6. The molecule has 1 heterocycles. The van der Waals surface area contributed by atoms with Crippen molar-refractivity contribution in [1.82, 2.24) is 4.98 Å². The Kier molecular flexibility index (Phi) is 4.31. The Morgan fingerprint density at radius 2 is 1.90 bits per heavy atom. The summed E-state index contributed by atoms with van der Waals surface area (Å²) in [6.45, 7) is 0. The fraction of sp³-hybridized carbons (Fsp3) is 0. The molecule has 0 saturated heterocycles. The average Bonchev–Trinajstić information content (AvgIpc) is 2.40. The van der Waals surface area contributed by atoms with Crippen LogP contribution in [-0.2, 0) is 10.0 Å². The molecule has 0 atom stereocenters. The number of halogens is 2. The van der Waals surface area contributed by atoms with Crippen LogP contribution in [-0.4, -0.2) is 18.3 Å². The molecule has 2 aromatic rings. The molecule has 10 heteroatoms. The molecule has 0 aliphatic heterocycles.